The highest BCUT2D eigenvalue weighted by molar-refractivity contribution is 7.98. The molecule has 17 heavy (non-hydrogen) atoms. The zero-order chi connectivity index (χ0) is 13.0. The molecule has 0 fully saturated rings. The lowest BCUT2D eigenvalue weighted by atomic mass is 10.3. The van der Waals surface area contributed by atoms with Gasteiger partial charge in [-0.1, -0.05) is 0 Å². The number of Topliss-reactive ketones (excluding diaryl/α,β-unsaturated/α-hetero) is 1. The Labute approximate surface area is 108 Å². The van der Waals surface area contributed by atoms with E-state index in [0.717, 1.165) is 12.3 Å². The Kier molecular flexibility index (Phi) is 4.95. The Morgan fingerprint density at radius 1 is 1.65 bits per heavy atom. The molecule has 0 saturated carbocycles. The van der Waals surface area contributed by atoms with Crippen LogP contribution in [0.5, 0.6) is 0 Å². The third-order valence-electron chi connectivity index (χ3n) is 2.21. The maximum atomic E-state index is 11.2. The van der Waals surface area contributed by atoms with Crippen molar-refractivity contribution in [1.82, 2.24) is 0 Å². The van der Waals surface area contributed by atoms with Crippen LogP contribution in [0.2, 0.25) is 0 Å². The van der Waals surface area contributed by atoms with Crippen molar-refractivity contribution in [3.8, 4) is 0 Å². The minimum atomic E-state index is -0.437. The van der Waals surface area contributed by atoms with E-state index in [0.29, 0.717) is 9.88 Å². The van der Waals surface area contributed by atoms with E-state index in [1.165, 1.54) is 24.3 Å². The van der Waals surface area contributed by atoms with Crippen molar-refractivity contribution in [3.05, 3.63) is 21.1 Å². The largest absolute Gasteiger partial charge is 0.360 e. The van der Waals surface area contributed by atoms with E-state index >= 15 is 0 Å². The van der Waals surface area contributed by atoms with Crippen molar-refractivity contribution in [1.29, 1.82) is 0 Å². The van der Waals surface area contributed by atoms with E-state index in [1.807, 2.05) is 11.2 Å². The second kappa shape index (κ2) is 6.02. The number of anilines is 1. The van der Waals surface area contributed by atoms with Crippen molar-refractivity contribution in [2.24, 2.45) is 0 Å². The lowest BCUT2D eigenvalue weighted by Crippen LogP contribution is -2.19. The molecule has 1 rings (SSSR count). The third-order valence-corrected chi connectivity index (χ3v) is 4.14. The van der Waals surface area contributed by atoms with Crippen molar-refractivity contribution in [2.45, 2.75) is 6.92 Å². The predicted molar refractivity (Wildman–Crippen MR) is 72.6 cm³/mol. The SMILES string of the molecule is CSCCN(C)c1sc(C(C)=O)cc1[N+](=O)[O-]. The predicted octanol–water partition coefficient (Wildman–Crippen LogP) is 2.66. The monoisotopic (exact) mass is 274 g/mol. The average Bonchev–Trinajstić information content (AvgIpc) is 2.70. The maximum Gasteiger partial charge on any atom is 0.304 e. The van der Waals surface area contributed by atoms with Crippen molar-refractivity contribution < 1.29 is 9.72 Å². The Bertz CT molecular complexity index is 431. The van der Waals surface area contributed by atoms with Gasteiger partial charge in [0.05, 0.1) is 9.80 Å². The number of hydrogen-bond donors (Lipinski definition) is 0. The summed E-state index contributed by atoms with van der Waals surface area (Å²) in [5.41, 5.74) is 0.0174. The zero-order valence-corrected chi connectivity index (χ0v) is 11.6. The summed E-state index contributed by atoms with van der Waals surface area (Å²) in [5, 5.41) is 11.5. The molecule has 1 heterocycles. The Morgan fingerprint density at radius 2 is 2.29 bits per heavy atom. The van der Waals surface area contributed by atoms with Gasteiger partial charge >= 0.3 is 5.69 Å². The summed E-state index contributed by atoms with van der Waals surface area (Å²) in [6.07, 6.45) is 1.98. The van der Waals surface area contributed by atoms with Gasteiger partial charge in [-0.2, -0.15) is 11.8 Å². The van der Waals surface area contributed by atoms with Crippen LogP contribution in [0.25, 0.3) is 0 Å². The second-order valence-electron chi connectivity index (χ2n) is 3.53. The van der Waals surface area contributed by atoms with Gasteiger partial charge in [-0.15, -0.1) is 11.3 Å². The first-order valence-corrected chi connectivity index (χ1v) is 7.17. The van der Waals surface area contributed by atoms with Gasteiger partial charge in [0, 0.05) is 25.4 Å². The number of rotatable bonds is 6. The zero-order valence-electron chi connectivity index (χ0n) is 9.93. The van der Waals surface area contributed by atoms with Gasteiger partial charge in [-0.3, -0.25) is 14.9 Å². The first-order chi connectivity index (χ1) is 7.97. The first kappa shape index (κ1) is 14.0. The Hall–Kier alpha value is -1.08. The lowest BCUT2D eigenvalue weighted by Gasteiger charge is -2.15. The smallest absolute Gasteiger partial charge is 0.304 e. The molecule has 5 nitrogen and oxygen atoms in total. The van der Waals surface area contributed by atoms with Gasteiger partial charge in [0.1, 0.15) is 0 Å². The molecule has 0 aliphatic carbocycles. The molecule has 0 amide bonds. The fourth-order valence-electron chi connectivity index (χ4n) is 1.28. The summed E-state index contributed by atoms with van der Waals surface area (Å²) in [6, 6.07) is 1.36. The number of carbonyl (C=O) groups is 1. The summed E-state index contributed by atoms with van der Waals surface area (Å²) in [7, 11) is 1.80. The van der Waals surface area contributed by atoms with Crippen LogP contribution in [0.1, 0.15) is 16.6 Å². The second-order valence-corrected chi connectivity index (χ2v) is 5.54. The number of nitro groups is 1. The van der Waals surface area contributed by atoms with Gasteiger partial charge in [-0.05, 0) is 13.2 Å². The van der Waals surface area contributed by atoms with E-state index in [2.05, 4.69) is 0 Å². The molecule has 94 valence electrons. The maximum absolute atomic E-state index is 11.2. The van der Waals surface area contributed by atoms with E-state index < -0.39 is 4.92 Å². The molecule has 0 spiro atoms. The number of thioether (sulfide) groups is 1. The molecular formula is C10H14N2O3S2. The fraction of sp³-hybridized carbons (Fsp3) is 0.500. The van der Waals surface area contributed by atoms with Gasteiger partial charge in [0.25, 0.3) is 0 Å². The molecule has 0 radical (unpaired) electrons. The molecule has 0 aliphatic heterocycles. The highest BCUT2D eigenvalue weighted by Gasteiger charge is 2.23. The topological polar surface area (TPSA) is 63.5 Å². The summed E-state index contributed by atoms with van der Waals surface area (Å²) in [5.74, 6) is 0.753. The van der Waals surface area contributed by atoms with Crippen LogP contribution in [-0.2, 0) is 0 Å². The summed E-state index contributed by atoms with van der Waals surface area (Å²) >= 11 is 2.86. The van der Waals surface area contributed by atoms with Gasteiger partial charge < -0.3 is 4.90 Å². The van der Waals surface area contributed by atoms with Crippen LogP contribution < -0.4 is 4.90 Å². The number of nitrogens with zero attached hydrogens (tertiary/aromatic N) is 2. The summed E-state index contributed by atoms with van der Waals surface area (Å²) in [4.78, 5) is 24.0. The molecule has 0 aliphatic rings. The van der Waals surface area contributed by atoms with Crippen LogP contribution >= 0.6 is 23.1 Å². The van der Waals surface area contributed by atoms with Crippen LogP contribution in [0.3, 0.4) is 0 Å². The molecule has 0 unspecified atom stereocenters. The normalized spacial score (nSPS) is 10.3. The third kappa shape index (κ3) is 3.44. The van der Waals surface area contributed by atoms with Crippen LogP contribution in [-0.4, -0.2) is 36.3 Å². The average molecular weight is 274 g/mol. The van der Waals surface area contributed by atoms with Crippen molar-refractivity contribution in [3.63, 3.8) is 0 Å². The summed E-state index contributed by atoms with van der Waals surface area (Å²) in [6.45, 7) is 2.14. The van der Waals surface area contributed by atoms with Gasteiger partial charge in [-0.25, -0.2) is 0 Å². The van der Waals surface area contributed by atoms with Gasteiger partial charge in [0.15, 0.2) is 10.8 Å². The Balaban J connectivity index is 3.03. The van der Waals surface area contributed by atoms with Gasteiger partial charge in [0.2, 0.25) is 0 Å². The van der Waals surface area contributed by atoms with E-state index in [-0.39, 0.29) is 11.5 Å². The number of ketones is 1. The quantitative estimate of drug-likeness (QED) is 0.453. The minimum absolute atomic E-state index is 0.0174. The lowest BCUT2D eigenvalue weighted by molar-refractivity contribution is -0.383. The molecule has 0 N–H and O–H groups in total. The minimum Gasteiger partial charge on any atom is -0.360 e. The molecule has 7 heteroatoms. The molecular weight excluding hydrogens is 260 g/mol. The molecule has 1 aromatic rings. The number of carbonyl (C=O) groups excluding carboxylic acids is 1. The van der Waals surface area contributed by atoms with Crippen LogP contribution in [0.15, 0.2) is 6.07 Å². The summed E-state index contributed by atoms with van der Waals surface area (Å²) < 4.78 is 0. The molecule has 0 aromatic carbocycles. The number of thiophene rings is 1. The van der Waals surface area contributed by atoms with E-state index in [4.69, 9.17) is 0 Å². The molecule has 1 aromatic heterocycles. The molecule has 0 atom stereocenters. The van der Waals surface area contributed by atoms with Crippen LogP contribution in [0.4, 0.5) is 10.7 Å². The fourth-order valence-corrected chi connectivity index (χ4v) is 2.74. The standard InChI is InChI=1S/C10H14N2O3S2/c1-7(13)9-6-8(12(14)15)10(17-9)11(2)4-5-16-3/h6H,4-5H2,1-3H3. The highest BCUT2D eigenvalue weighted by atomic mass is 32.2. The Morgan fingerprint density at radius 3 is 2.76 bits per heavy atom. The van der Waals surface area contributed by atoms with Crippen molar-refractivity contribution >= 4 is 39.6 Å². The number of hydrogen-bond acceptors (Lipinski definition) is 6. The van der Waals surface area contributed by atoms with E-state index in [9.17, 15) is 14.9 Å². The molecule has 0 saturated heterocycles. The van der Waals surface area contributed by atoms with Crippen molar-refractivity contribution in [2.75, 3.05) is 30.5 Å². The van der Waals surface area contributed by atoms with Crippen LogP contribution in [0, 0.1) is 10.1 Å². The van der Waals surface area contributed by atoms with E-state index in [1.54, 1.807) is 18.8 Å². The highest BCUT2D eigenvalue weighted by Crippen LogP contribution is 2.37. The molecule has 0 bridgehead atoms. The first-order valence-electron chi connectivity index (χ1n) is 4.96.